The SMILES string of the molecule is CNC(Br)c1ccc(Br)s1. The van der Waals surface area contributed by atoms with Gasteiger partial charge in [-0.3, -0.25) is 0 Å². The summed E-state index contributed by atoms with van der Waals surface area (Å²) in [5.74, 6) is 0. The van der Waals surface area contributed by atoms with Gasteiger partial charge in [0.2, 0.25) is 0 Å². The number of hydrogen-bond donors (Lipinski definition) is 1. The van der Waals surface area contributed by atoms with E-state index < -0.39 is 0 Å². The highest BCUT2D eigenvalue weighted by molar-refractivity contribution is 9.11. The zero-order valence-electron chi connectivity index (χ0n) is 5.40. The Labute approximate surface area is 81.1 Å². The number of halogens is 2. The molecule has 1 N–H and O–H groups in total. The van der Waals surface area contributed by atoms with E-state index in [0.717, 1.165) is 0 Å². The monoisotopic (exact) mass is 283 g/mol. The van der Waals surface area contributed by atoms with Gasteiger partial charge in [0.1, 0.15) is 0 Å². The average molecular weight is 285 g/mol. The molecule has 10 heavy (non-hydrogen) atoms. The van der Waals surface area contributed by atoms with E-state index in [4.69, 9.17) is 0 Å². The lowest BCUT2D eigenvalue weighted by Gasteiger charge is -2.02. The molecule has 1 unspecified atom stereocenters. The molecule has 1 aromatic heterocycles. The van der Waals surface area contributed by atoms with Gasteiger partial charge in [-0.2, -0.15) is 0 Å². The molecular formula is C6H7Br2NS. The molecule has 0 fully saturated rings. The zero-order valence-corrected chi connectivity index (χ0v) is 9.38. The Bertz CT molecular complexity index is 211. The van der Waals surface area contributed by atoms with Crippen molar-refractivity contribution in [1.29, 1.82) is 0 Å². The summed E-state index contributed by atoms with van der Waals surface area (Å²) >= 11 is 8.60. The molecular weight excluding hydrogens is 278 g/mol. The van der Waals surface area contributed by atoms with Gasteiger partial charge in [0.25, 0.3) is 0 Å². The van der Waals surface area contributed by atoms with Gasteiger partial charge in [-0.25, -0.2) is 0 Å². The molecule has 56 valence electrons. The van der Waals surface area contributed by atoms with E-state index in [1.165, 1.54) is 8.66 Å². The second-order valence-corrected chi connectivity index (χ2v) is 5.20. The smallest absolute Gasteiger partial charge is 0.0977 e. The standard InChI is InChI=1S/C6H7Br2NS/c1-9-6(8)4-2-3-5(7)10-4/h2-3,6,9H,1H3. The average Bonchev–Trinajstić information content (AvgIpc) is 2.34. The van der Waals surface area contributed by atoms with Crippen molar-refractivity contribution in [2.45, 2.75) is 4.95 Å². The van der Waals surface area contributed by atoms with Crippen LogP contribution in [0.5, 0.6) is 0 Å². The van der Waals surface area contributed by atoms with E-state index in [9.17, 15) is 0 Å². The maximum Gasteiger partial charge on any atom is 0.0977 e. The van der Waals surface area contributed by atoms with Crippen LogP contribution in [0.1, 0.15) is 9.83 Å². The second kappa shape index (κ2) is 3.85. The maximum absolute atomic E-state index is 3.48. The second-order valence-electron chi connectivity index (χ2n) is 1.79. The summed E-state index contributed by atoms with van der Waals surface area (Å²) < 4.78 is 1.17. The first-order valence-corrected chi connectivity index (χ1v) is 5.33. The Hall–Kier alpha value is 0.620. The third kappa shape index (κ3) is 2.05. The molecule has 0 radical (unpaired) electrons. The molecule has 0 amide bonds. The van der Waals surface area contributed by atoms with Crippen molar-refractivity contribution in [3.05, 3.63) is 20.8 Å². The first-order valence-electron chi connectivity index (χ1n) is 2.80. The van der Waals surface area contributed by atoms with Crippen LogP contribution in [0.4, 0.5) is 0 Å². The molecule has 1 atom stereocenters. The number of thiophene rings is 1. The summed E-state index contributed by atoms with van der Waals surface area (Å²) in [5, 5.41) is 3.10. The van der Waals surface area contributed by atoms with Crippen molar-refractivity contribution in [2.24, 2.45) is 0 Å². The molecule has 4 heteroatoms. The van der Waals surface area contributed by atoms with Crippen molar-refractivity contribution < 1.29 is 0 Å². The predicted molar refractivity (Wildman–Crippen MR) is 52.7 cm³/mol. The van der Waals surface area contributed by atoms with E-state index in [2.05, 4.69) is 43.2 Å². The van der Waals surface area contributed by atoms with Gasteiger partial charge in [0.15, 0.2) is 0 Å². The van der Waals surface area contributed by atoms with Gasteiger partial charge in [-0.15, -0.1) is 11.3 Å². The summed E-state index contributed by atoms with van der Waals surface area (Å²) in [6.07, 6.45) is 0. The fourth-order valence-electron chi connectivity index (χ4n) is 0.607. The Morgan fingerprint density at radius 1 is 1.60 bits per heavy atom. The Kier molecular flexibility index (Phi) is 3.36. The largest absolute Gasteiger partial charge is 0.304 e. The van der Waals surface area contributed by atoms with E-state index in [-0.39, 0.29) is 4.95 Å². The van der Waals surface area contributed by atoms with Crippen LogP contribution in [0.25, 0.3) is 0 Å². The van der Waals surface area contributed by atoms with Crippen LogP contribution >= 0.6 is 43.2 Å². The summed E-state index contributed by atoms with van der Waals surface area (Å²) in [6, 6.07) is 4.14. The highest BCUT2D eigenvalue weighted by Crippen LogP contribution is 2.29. The minimum Gasteiger partial charge on any atom is -0.304 e. The number of alkyl halides is 1. The molecule has 1 heterocycles. The number of rotatable bonds is 2. The molecule has 0 spiro atoms. The van der Waals surface area contributed by atoms with Gasteiger partial charge in [-0.05, 0) is 35.1 Å². The fraction of sp³-hybridized carbons (Fsp3) is 0.333. The molecule has 0 bridgehead atoms. The lowest BCUT2D eigenvalue weighted by Crippen LogP contribution is -2.07. The van der Waals surface area contributed by atoms with Crippen molar-refractivity contribution >= 4 is 43.2 Å². The van der Waals surface area contributed by atoms with Gasteiger partial charge in [-0.1, -0.05) is 15.9 Å². The van der Waals surface area contributed by atoms with Crippen molar-refractivity contribution in [3.63, 3.8) is 0 Å². The first-order chi connectivity index (χ1) is 4.74. The molecule has 0 aliphatic carbocycles. The third-order valence-electron chi connectivity index (χ3n) is 1.10. The van der Waals surface area contributed by atoms with Crippen LogP contribution in [-0.2, 0) is 0 Å². The lowest BCUT2D eigenvalue weighted by atomic mass is 10.5. The van der Waals surface area contributed by atoms with E-state index in [1.54, 1.807) is 11.3 Å². The highest BCUT2D eigenvalue weighted by Gasteiger charge is 2.05. The van der Waals surface area contributed by atoms with Crippen molar-refractivity contribution in [1.82, 2.24) is 5.32 Å². The predicted octanol–water partition coefficient (Wildman–Crippen LogP) is 3.12. The fourth-order valence-corrected chi connectivity index (χ4v) is 2.45. The van der Waals surface area contributed by atoms with Crippen LogP contribution < -0.4 is 5.32 Å². The minimum absolute atomic E-state index is 0.281. The first kappa shape index (κ1) is 8.71. The van der Waals surface area contributed by atoms with Gasteiger partial charge in [0, 0.05) is 4.88 Å². The Morgan fingerprint density at radius 3 is 2.70 bits per heavy atom. The molecule has 1 aromatic rings. The molecule has 1 nitrogen and oxygen atoms in total. The molecule has 0 aromatic carbocycles. The molecule has 0 saturated carbocycles. The lowest BCUT2D eigenvalue weighted by molar-refractivity contribution is 0.822. The Balaban J connectivity index is 2.74. The van der Waals surface area contributed by atoms with Crippen LogP contribution in [-0.4, -0.2) is 7.05 Å². The van der Waals surface area contributed by atoms with E-state index >= 15 is 0 Å². The minimum atomic E-state index is 0.281. The van der Waals surface area contributed by atoms with Gasteiger partial charge < -0.3 is 5.32 Å². The van der Waals surface area contributed by atoms with Crippen molar-refractivity contribution in [3.8, 4) is 0 Å². The normalized spacial score (nSPS) is 13.5. The van der Waals surface area contributed by atoms with Gasteiger partial charge >= 0.3 is 0 Å². The Morgan fingerprint density at radius 2 is 2.30 bits per heavy atom. The number of hydrogen-bond acceptors (Lipinski definition) is 2. The molecule has 1 rings (SSSR count). The van der Waals surface area contributed by atoms with E-state index in [1.807, 2.05) is 13.1 Å². The zero-order chi connectivity index (χ0) is 7.56. The van der Waals surface area contributed by atoms with Crippen molar-refractivity contribution in [2.75, 3.05) is 7.05 Å². The van der Waals surface area contributed by atoms with Crippen LogP contribution in [0.3, 0.4) is 0 Å². The quantitative estimate of drug-likeness (QED) is 0.650. The topological polar surface area (TPSA) is 12.0 Å². The van der Waals surface area contributed by atoms with Crippen LogP contribution in [0.2, 0.25) is 0 Å². The summed E-state index contributed by atoms with van der Waals surface area (Å²) in [5.41, 5.74) is 0. The molecule has 0 aliphatic rings. The summed E-state index contributed by atoms with van der Waals surface area (Å²) in [7, 11) is 1.92. The summed E-state index contributed by atoms with van der Waals surface area (Å²) in [6.45, 7) is 0. The maximum atomic E-state index is 3.48. The van der Waals surface area contributed by atoms with Gasteiger partial charge in [0.05, 0.1) is 8.74 Å². The van der Waals surface area contributed by atoms with E-state index in [0.29, 0.717) is 0 Å². The highest BCUT2D eigenvalue weighted by atomic mass is 79.9. The molecule has 0 aliphatic heterocycles. The van der Waals surface area contributed by atoms with Crippen LogP contribution in [0, 0.1) is 0 Å². The molecule has 0 saturated heterocycles. The third-order valence-corrected chi connectivity index (χ3v) is 4.04. The summed E-state index contributed by atoms with van der Waals surface area (Å²) in [4.78, 5) is 1.57. The van der Waals surface area contributed by atoms with Crippen LogP contribution in [0.15, 0.2) is 15.9 Å². The number of nitrogens with one attached hydrogen (secondary N) is 1.